The van der Waals surface area contributed by atoms with Gasteiger partial charge >= 0.3 is 0 Å². The van der Waals surface area contributed by atoms with E-state index in [1.807, 2.05) is 29.2 Å². The first-order chi connectivity index (χ1) is 10.1. The highest BCUT2D eigenvalue weighted by atomic mass is 16.2. The van der Waals surface area contributed by atoms with E-state index in [1.54, 1.807) is 12.1 Å². The van der Waals surface area contributed by atoms with Crippen LogP contribution in [-0.4, -0.2) is 18.4 Å². The minimum Gasteiger partial charge on any atom is -0.397 e. The Hall–Kier alpha value is -3.02. The molecule has 3 rings (SSSR count). The Bertz CT molecular complexity index is 742. The predicted molar refractivity (Wildman–Crippen MR) is 81.5 cm³/mol. The maximum absolute atomic E-state index is 11.8. The number of fused-ring (bicyclic) bond motifs is 1. The van der Waals surface area contributed by atoms with Crippen LogP contribution in [0.1, 0.15) is 10.4 Å². The molecule has 0 radical (unpaired) electrons. The Morgan fingerprint density at radius 1 is 1.14 bits per heavy atom. The number of nitrogen functional groups attached to an aromatic ring is 1. The van der Waals surface area contributed by atoms with Crippen LogP contribution in [-0.2, 0) is 4.79 Å². The number of carbonyl (C=O) groups excluding carboxylic acids is 2. The first-order valence-corrected chi connectivity index (χ1v) is 6.42. The number of amides is 2. The largest absolute Gasteiger partial charge is 0.397 e. The standard InChI is InChI=1S/C15H14N4O2/c16-10-7-9(15(17)21)5-6-12(10)19-8-14(20)18-11-3-1-2-4-13(11)19/h1-7H,8,16H2,(H2,17,21)(H,18,20). The monoisotopic (exact) mass is 282 g/mol. The first kappa shape index (κ1) is 13.0. The van der Waals surface area contributed by atoms with Crippen molar-refractivity contribution in [3.63, 3.8) is 0 Å². The molecule has 0 bridgehead atoms. The number of rotatable bonds is 2. The van der Waals surface area contributed by atoms with Gasteiger partial charge in [0.25, 0.3) is 0 Å². The average Bonchev–Trinajstić information content (AvgIpc) is 2.46. The zero-order valence-electron chi connectivity index (χ0n) is 11.2. The number of nitrogens with two attached hydrogens (primary N) is 2. The fourth-order valence-corrected chi connectivity index (χ4v) is 2.40. The number of nitrogens with zero attached hydrogens (tertiary/aromatic N) is 1. The third kappa shape index (κ3) is 2.27. The zero-order valence-corrected chi connectivity index (χ0v) is 11.2. The van der Waals surface area contributed by atoms with Crippen molar-refractivity contribution in [1.82, 2.24) is 0 Å². The summed E-state index contributed by atoms with van der Waals surface area (Å²) in [6, 6.07) is 12.3. The molecule has 21 heavy (non-hydrogen) atoms. The Labute approximate surface area is 121 Å². The van der Waals surface area contributed by atoms with Gasteiger partial charge in [0.15, 0.2) is 0 Å². The maximum Gasteiger partial charge on any atom is 0.248 e. The van der Waals surface area contributed by atoms with E-state index >= 15 is 0 Å². The molecular formula is C15H14N4O2. The Morgan fingerprint density at radius 3 is 2.62 bits per heavy atom. The third-order valence-electron chi connectivity index (χ3n) is 3.37. The Morgan fingerprint density at radius 2 is 1.90 bits per heavy atom. The normalized spacial score (nSPS) is 13.5. The summed E-state index contributed by atoms with van der Waals surface area (Å²) in [5.74, 6) is -0.655. The van der Waals surface area contributed by atoms with Gasteiger partial charge in [0.2, 0.25) is 11.8 Å². The Balaban J connectivity index is 2.09. The van der Waals surface area contributed by atoms with E-state index in [4.69, 9.17) is 11.5 Å². The van der Waals surface area contributed by atoms with Crippen molar-refractivity contribution in [3.8, 4) is 0 Å². The summed E-state index contributed by atoms with van der Waals surface area (Å²) in [6.07, 6.45) is 0. The van der Waals surface area contributed by atoms with Gasteiger partial charge in [-0.25, -0.2) is 0 Å². The molecule has 0 spiro atoms. The number of primary amides is 1. The second-order valence-corrected chi connectivity index (χ2v) is 4.79. The number of nitrogens with one attached hydrogen (secondary N) is 1. The number of hydrogen-bond donors (Lipinski definition) is 3. The van der Waals surface area contributed by atoms with Crippen molar-refractivity contribution < 1.29 is 9.59 Å². The van der Waals surface area contributed by atoms with Crippen LogP contribution in [0.2, 0.25) is 0 Å². The van der Waals surface area contributed by atoms with E-state index in [9.17, 15) is 9.59 Å². The summed E-state index contributed by atoms with van der Waals surface area (Å²) in [4.78, 5) is 24.8. The van der Waals surface area contributed by atoms with Crippen LogP contribution in [0.3, 0.4) is 0 Å². The minimum absolute atomic E-state index is 0.118. The summed E-state index contributed by atoms with van der Waals surface area (Å²) < 4.78 is 0. The van der Waals surface area contributed by atoms with Gasteiger partial charge in [0, 0.05) is 5.56 Å². The molecular weight excluding hydrogens is 268 g/mol. The maximum atomic E-state index is 11.8. The molecule has 2 amide bonds. The van der Waals surface area contributed by atoms with Gasteiger partial charge < -0.3 is 21.7 Å². The molecule has 106 valence electrons. The van der Waals surface area contributed by atoms with Crippen LogP contribution < -0.4 is 21.7 Å². The number of para-hydroxylation sites is 2. The molecule has 0 saturated heterocycles. The lowest BCUT2D eigenvalue weighted by atomic mass is 10.1. The summed E-state index contributed by atoms with van der Waals surface area (Å²) >= 11 is 0. The lowest BCUT2D eigenvalue weighted by Crippen LogP contribution is -2.35. The van der Waals surface area contributed by atoms with E-state index in [1.165, 1.54) is 6.07 Å². The molecule has 0 fully saturated rings. The fraction of sp³-hybridized carbons (Fsp3) is 0.0667. The van der Waals surface area contributed by atoms with Crippen LogP contribution in [0.25, 0.3) is 0 Å². The number of carbonyl (C=O) groups is 2. The smallest absolute Gasteiger partial charge is 0.248 e. The minimum atomic E-state index is -0.537. The molecule has 0 aliphatic carbocycles. The number of anilines is 4. The van der Waals surface area contributed by atoms with Crippen LogP contribution in [0.5, 0.6) is 0 Å². The topological polar surface area (TPSA) is 101 Å². The molecule has 0 aromatic heterocycles. The van der Waals surface area contributed by atoms with Crippen molar-refractivity contribution >= 4 is 34.6 Å². The molecule has 1 aliphatic heterocycles. The highest BCUT2D eigenvalue weighted by molar-refractivity contribution is 6.04. The van der Waals surface area contributed by atoms with Crippen LogP contribution >= 0.6 is 0 Å². The van der Waals surface area contributed by atoms with Gasteiger partial charge in [-0.1, -0.05) is 12.1 Å². The van der Waals surface area contributed by atoms with E-state index in [0.717, 1.165) is 11.4 Å². The summed E-state index contributed by atoms with van der Waals surface area (Å²) in [5, 5.41) is 2.81. The lowest BCUT2D eigenvalue weighted by Gasteiger charge is -2.31. The number of benzene rings is 2. The molecule has 2 aromatic carbocycles. The molecule has 1 heterocycles. The second-order valence-electron chi connectivity index (χ2n) is 4.79. The van der Waals surface area contributed by atoms with Crippen molar-refractivity contribution in [1.29, 1.82) is 0 Å². The van der Waals surface area contributed by atoms with E-state index in [2.05, 4.69) is 5.32 Å². The van der Waals surface area contributed by atoms with Gasteiger partial charge in [0.1, 0.15) is 6.54 Å². The van der Waals surface area contributed by atoms with Crippen LogP contribution in [0.4, 0.5) is 22.7 Å². The van der Waals surface area contributed by atoms with Crippen LogP contribution in [0.15, 0.2) is 42.5 Å². The molecule has 6 nitrogen and oxygen atoms in total. The highest BCUT2D eigenvalue weighted by Gasteiger charge is 2.24. The average molecular weight is 282 g/mol. The van der Waals surface area contributed by atoms with Crippen molar-refractivity contribution in [2.75, 3.05) is 22.5 Å². The van der Waals surface area contributed by atoms with Gasteiger partial charge in [-0.3, -0.25) is 9.59 Å². The molecule has 1 aliphatic rings. The lowest BCUT2D eigenvalue weighted by molar-refractivity contribution is -0.115. The summed E-state index contributed by atoms with van der Waals surface area (Å²) in [6.45, 7) is 0.164. The van der Waals surface area contributed by atoms with E-state index < -0.39 is 5.91 Å². The Kier molecular flexibility index (Phi) is 2.98. The van der Waals surface area contributed by atoms with Crippen molar-refractivity contribution in [2.45, 2.75) is 0 Å². The predicted octanol–water partition coefficient (Wildman–Crippen LogP) is 1.46. The van der Waals surface area contributed by atoms with Gasteiger partial charge in [0.05, 0.1) is 22.7 Å². The summed E-state index contributed by atoms with van der Waals surface area (Å²) in [7, 11) is 0. The summed E-state index contributed by atoms with van der Waals surface area (Å²) in [5.41, 5.74) is 14.2. The van der Waals surface area contributed by atoms with E-state index in [0.29, 0.717) is 16.9 Å². The zero-order chi connectivity index (χ0) is 15.0. The molecule has 5 N–H and O–H groups in total. The molecule has 2 aromatic rings. The van der Waals surface area contributed by atoms with Gasteiger partial charge in [-0.15, -0.1) is 0 Å². The first-order valence-electron chi connectivity index (χ1n) is 6.42. The highest BCUT2D eigenvalue weighted by Crippen LogP contribution is 2.37. The molecule has 0 unspecified atom stereocenters. The van der Waals surface area contributed by atoms with Crippen LogP contribution in [0, 0.1) is 0 Å². The molecule has 0 atom stereocenters. The second kappa shape index (κ2) is 4.82. The number of hydrogen-bond acceptors (Lipinski definition) is 4. The molecule has 0 saturated carbocycles. The fourth-order valence-electron chi connectivity index (χ4n) is 2.40. The van der Waals surface area contributed by atoms with Gasteiger partial charge in [-0.2, -0.15) is 0 Å². The van der Waals surface area contributed by atoms with Crippen molar-refractivity contribution in [2.24, 2.45) is 5.73 Å². The van der Waals surface area contributed by atoms with Crippen molar-refractivity contribution in [3.05, 3.63) is 48.0 Å². The molecule has 6 heteroatoms. The SMILES string of the molecule is NC(=O)c1ccc(N2CC(=O)Nc3ccccc32)c(N)c1. The third-order valence-corrected chi connectivity index (χ3v) is 3.37. The quantitative estimate of drug-likeness (QED) is 0.726. The van der Waals surface area contributed by atoms with E-state index in [-0.39, 0.29) is 12.5 Å². The van der Waals surface area contributed by atoms with Gasteiger partial charge in [-0.05, 0) is 30.3 Å².